The Morgan fingerprint density at radius 3 is 2.24 bits per heavy atom. The van der Waals surface area contributed by atoms with Crippen LogP contribution in [0.25, 0.3) is 0 Å². The van der Waals surface area contributed by atoms with E-state index in [-0.39, 0.29) is 18.4 Å². The van der Waals surface area contributed by atoms with Crippen molar-refractivity contribution in [1.82, 2.24) is 4.90 Å². The second-order valence-corrected chi connectivity index (χ2v) is 6.09. The maximum atomic E-state index is 12.8. The summed E-state index contributed by atoms with van der Waals surface area (Å²) in [4.78, 5) is 2.13. The van der Waals surface area contributed by atoms with Gasteiger partial charge in [-0.25, -0.2) is 0 Å². The molecule has 0 aliphatic heterocycles. The molecule has 0 aromatic heterocycles. The molecule has 5 heteroatoms. The highest BCUT2D eigenvalue weighted by Gasteiger charge is 2.46. The highest BCUT2D eigenvalue weighted by molar-refractivity contribution is 5.15. The first-order valence-corrected chi connectivity index (χ1v) is 7.39. The van der Waals surface area contributed by atoms with E-state index in [1.165, 1.54) is 0 Å². The van der Waals surface area contributed by atoms with Crippen LogP contribution in [0.5, 0.6) is 0 Å². The van der Waals surface area contributed by atoms with E-state index in [0.717, 1.165) is 5.56 Å². The Hall–Kier alpha value is -1.07. The first-order chi connectivity index (χ1) is 9.87. The van der Waals surface area contributed by atoms with Crippen molar-refractivity contribution in [3.63, 3.8) is 0 Å². The summed E-state index contributed by atoms with van der Waals surface area (Å²) in [6, 6.07) is 9.96. The first-order valence-electron chi connectivity index (χ1n) is 7.39. The molecule has 0 amide bonds. The molecule has 0 saturated heterocycles. The summed E-state index contributed by atoms with van der Waals surface area (Å²) in [5, 5.41) is 0. The fourth-order valence-electron chi connectivity index (χ4n) is 3.25. The molecule has 2 nitrogen and oxygen atoms in total. The summed E-state index contributed by atoms with van der Waals surface area (Å²) in [5.41, 5.74) is 6.77. The van der Waals surface area contributed by atoms with Gasteiger partial charge in [-0.15, -0.1) is 0 Å². The molecule has 0 spiro atoms. The lowest BCUT2D eigenvalue weighted by atomic mass is 9.75. The Balaban J connectivity index is 2.02. The van der Waals surface area contributed by atoms with Crippen LogP contribution in [0.1, 0.15) is 31.2 Å². The normalized spacial score (nSPS) is 27.0. The third-order valence-electron chi connectivity index (χ3n) is 4.83. The second-order valence-electron chi connectivity index (χ2n) is 6.09. The van der Waals surface area contributed by atoms with Gasteiger partial charge in [0.1, 0.15) is 0 Å². The van der Waals surface area contributed by atoms with Gasteiger partial charge < -0.3 is 5.73 Å². The molecule has 1 saturated carbocycles. The molecular weight excluding hydrogens is 277 g/mol. The van der Waals surface area contributed by atoms with Crippen LogP contribution in [-0.4, -0.2) is 30.2 Å². The van der Waals surface area contributed by atoms with Gasteiger partial charge in [-0.2, -0.15) is 13.2 Å². The Kier molecular flexibility index (Phi) is 4.94. The number of likely N-dealkylation sites (N-methyl/N-ethyl adjacent to an activating group) is 1. The number of nitrogens with zero attached hydrogens (tertiary/aromatic N) is 1. The van der Waals surface area contributed by atoms with Gasteiger partial charge in [0.05, 0.1) is 5.92 Å². The lowest BCUT2D eigenvalue weighted by molar-refractivity contribution is -0.188. The number of alkyl halides is 3. The van der Waals surface area contributed by atoms with Crippen LogP contribution in [0.15, 0.2) is 30.3 Å². The van der Waals surface area contributed by atoms with E-state index in [2.05, 4.69) is 4.90 Å². The van der Waals surface area contributed by atoms with E-state index in [9.17, 15) is 13.2 Å². The number of nitrogens with two attached hydrogens (primary N) is 1. The topological polar surface area (TPSA) is 29.3 Å². The molecule has 1 aromatic rings. The molecule has 0 bridgehead atoms. The summed E-state index contributed by atoms with van der Waals surface area (Å²) >= 11 is 0. The van der Waals surface area contributed by atoms with Crippen molar-refractivity contribution in [3.8, 4) is 0 Å². The van der Waals surface area contributed by atoms with Crippen LogP contribution in [0.4, 0.5) is 13.2 Å². The Bertz CT molecular complexity index is 437. The fourth-order valence-corrected chi connectivity index (χ4v) is 3.25. The quantitative estimate of drug-likeness (QED) is 0.921. The van der Waals surface area contributed by atoms with E-state index >= 15 is 0 Å². The number of benzene rings is 1. The number of rotatable bonds is 4. The molecule has 1 aromatic carbocycles. The second kappa shape index (κ2) is 6.36. The van der Waals surface area contributed by atoms with Gasteiger partial charge in [0, 0.05) is 18.6 Å². The summed E-state index contributed by atoms with van der Waals surface area (Å²) in [7, 11) is 1.97. The van der Waals surface area contributed by atoms with E-state index in [4.69, 9.17) is 5.73 Å². The minimum atomic E-state index is -4.07. The van der Waals surface area contributed by atoms with Crippen molar-refractivity contribution in [3.05, 3.63) is 35.9 Å². The average molecular weight is 300 g/mol. The van der Waals surface area contributed by atoms with Crippen LogP contribution in [0.2, 0.25) is 0 Å². The Labute approximate surface area is 124 Å². The van der Waals surface area contributed by atoms with Crippen molar-refractivity contribution in [2.24, 2.45) is 11.7 Å². The first kappa shape index (κ1) is 16.3. The van der Waals surface area contributed by atoms with E-state index in [1.807, 2.05) is 37.4 Å². The number of halogens is 3. The van der Waals surface area contributed by atoms with Crippen molar-refractivity contribution in [2.75, 3.05) is 13.6 Å². The van der Waals surface area contributed by atoms with Gasteiger partial charge >= 0.3 is 6.18 Å². The van der Waals surface area contributed by atoms with E-state index in [0.29, 0.717) is 25.9 Å². The lowest BCUT2D eigenvalue weighted by Crippen LogP contribution is -2.54. The fraction of sp³-hybridized carbons (Fsp3) is 0.625. The highest BCUT2D eigenvalue weighted by Crippen LogP contribution is 2.43. The minimum Gasteiger partial charge on any atom is -0.329 e. The van der Waals surface area contributed by atoms with Gasteiger partial charge in [-0.05, 0) is 38.3 Å². The average Bonchev–Trinajstić information content (AvgIpc) is 2.47. The summed E-state index contributed by atoms with van der Waals surface area (Å²) < 4.78 is 38.4. The molecule has 0 atom stereocenters. The van der Waals surface area contributed by atoms with E-state index < -0.39 is 12.1 Å². The highest BCUT2D eigenvalue weighted by atomic mass is 19.4. The van der Waals surface area contributed by atoms with Crippen LogP contribution >= 0.6 is 0 Å². The molecule has 21 heavy (non-hydrogen) atoms. The molecule has 0 unspecified atom stereocenters. The molecular formula is C16H23F3N2. The van der Waals surface area contributed by atoms with Crippen LogP contribution in [-0.2, 0) is 6.54 Å². The van der Waals surface area contributed by atoms with Crippen LogP contribution < -0.4 is 5.73 Å². The van der Waals surface area contributed by atoms with Gasteiger partial charge in [-0.1, -0.05) is 30.3 Å². The summed E-state index contributed by atoms with van der Waals surface area (Å²) in [6.45, 7) is 1.12. The number of hydrogen-bond donors (Lipinski definition) is 1. The molecule has 1 aliphatic rings. The largest absolute Gasteiger partial charge is 0.391 e. The standard InChI is InChI=1S/C16H23F3N2/c1-21(11-13-5-3-2-4-6-13)15(12-20)9-7-14(8-10-15)16(17,18)19/h2-6,14H,7-12,20H2,1H3. The van der Waals surface area contributed by atoms with Crippen molar-refractivity contribution >= 4 is 0 Å². The molecule has 118 valence electrons. The maximum Gasteiger partial charge on any atom is 0.391 e. The lowest BCUT2D eigenvalue weighted by Gasteiger charge is -2.46. The third-order valence-corrected chi connectivity index (χ3v) is 4.83. The van der Waals surface area contributed by atoms with E-state index in [1.54, 1.807) is 0 Å². The van der Waals surface area contributed by atoms with Crippen molar-refractivity contribution < 1.29 is 13.2 Å². The van der Waals surface area contributed by atoms with Gasteiger partial charge in [0.25, 0.3) is 0 Å². The molecule has 1 fully saturated rings. The Morgan fingerprint density at radius 2 is 1.76 bits per heavy atom. The summed E-state index contributed by atoms with van der Waals surface area (Å²) in [6.07, 6.45) is -2.69. The molecule has 0 radical (unpaired) electrons. The SMILES string of the molecule is CN(Cc1ccccc1)C1(CN)CCC(C(F)(F)F)CC1. The zero-order valence-electron chi connectivity index (χ0n) is 12.4. The number of hydrogen-bond acceptors (Lipinski definition) is 2. The van der Waals surface area contributed by atoms with Crippen molar-refractivity contribution in [2.45, 2.75) is 43.9 Å². The molecule has 1 aliphatic carbocycles. The maximum absolute atomic E-state index is 12.8. The van der Waals surface area contributed by atoms with Crippen LogP contribution in [0, 0.1) is 5.92 Å². The van der Waals surface area contributed by atoms with Crippen LogP contribution in [0.3, 0.4) is 0 Å². The minimum absolute atomic E-state index is 0.180. The predicted molar refractivity (Wildman–Crippen MR) is 77.7 cm³/mol. The van der Waals surface area contributed by atoms with Gasteiger partial charge in [0.2, 0.25) is 0 Å². The monoisotopic (exact) mass is 300 g/mol. The smallest absolute Gasteiger partial charge is 0.329 e. The third kappa shape index (κ3) is 3.77. The zero-order chi connectivity index (χ0) is 15.5. The molecule has 2 N–H and O–H groups in total. The predicted octanol–water partition coefficient (Wildman–Crippen LogP) is 3.57. The Morgan fingerprint density at radius 1 is 1.19 bits per heavy atom. The van der Waals surface area contributed by atoms with Crippen molar-refractivity contribution in [1.29, 1.82) is 0 Å². The summed E-state index contributed by atoms with van der Waals surface area (Å²) in [5.74, 6) is -1.16. The van der Waals surface area contributed by atoms with Gasteiger partial charge in [-0.3, -0.25) is 4.90 Å². The molecule has 2 rings (SSSR count). The molecule has 0 heterocycles. The zero-order valence-corrected chi connectivity index (χ0v) is 12.4. The van der Waals surface area contributed by atoms with Gasteiger partial charge in [0.15, 0.2) is 0 Å².